The zero-order valence-corrected chi connectivity index (χ0v) is 14.7. The van der Waals surface area contributed by atoms with Gasteiger partial charge in [-0.15, -0.1) is 21.5 Å². The highest BCUT2D eigenvalue weighted by molar-refractivity contribution is 7.13. The Bertz CT molecular complexity index is 810. The normalized spacial score (nSPS) is 17.0. The molecular formula is C18H19FN4OS. The standard InChI is InChI=1S/C18H19FN4OS/c1-13(17-20-21-18(24-17)16-3-2-12-25-16)22-8-10-23(11-9-22)15-6-4-14(19)5-7-15/h2-7,12-13H,8-11H2,1H3/t13-/m0/s1. The molecule has 5 nitrogen and oxygen atoms in total. The van der Waals surface area contributed by atoms with Gasteiger partial charge in [0.2, 0.25) is 5.89 Å². The van der Waals surface area contributed by atoms with Gasteiger partial charge in [-0.3, -0.25) is 4.90 Å². The Morgan fingerprint density at radius 2 is 1.84 bits per heavy atom. The Morgan fingerprint density at radius 3 is 2.52 bits per heavy atom. The predicted molar refractivity (Wildman–Crippen MR) is 96.2 cm³/mol. The van der Waals surface area contributed by atoms with Crippen LogP contribution >= 0.6 is 11.3 Å². The van der Waals surface area contributed by atoms with Gasteiger partial charge in [-0.2, -0.15) is 0 Å². The summed E-state index contributed by atoms with van der Waals surface area (Å²) in [7, 11) is 0. The van der Waals surface area contributed by atoms with Crippen LogP contribution in [0.4, 0.5) is 10.1 Å². The lowest BCUT2D eigenvalue weighted by atomic mass is 10.2. The lowest BCUT2D eigenvalue weighted by Gasteiger charge is -2.38. The minimum absolute atomic E-state index is 0.0802. The van der Waals surface area contributed by atoms with E-state index in [0.29, 0.717) is 11.8 Å². The van der Waals surface area contributed by atoms with Crippen molar-refractivity contribution >= 4 is 17.0 Å². The van der Waals surface area contributed by atoms with Crippen LogP contribution in [-0.2, 0) is 0 Å². The molecule has 0 radical (unpaired) electrons. The number of halogens is 1. The third-order valence-electron chi connectivity index (χ3n) is 4.58. The fraction of sp³-hybridized carbons (Fsp3) is 0.333. The Kier molecular flexibility index (Phi) is 4.50. The molecule has 1 aromatic carbocycles. The Balaban J connectivity index is 1.39. The van der Waals surface area contributed by atoms with Gasteiger partial charge in [0.1, 0.15) is 5.82 Å². The third kappa shape index (κ3) is 3.43. The summed E-state index contributed by atoms with van der Waals surface area (Å²) in [5.41, 5.74) is 1.06. The van der Waals surface area contributed by atoms with E-state index in [2.05, 4.69) is 26.9 Å². The van der Waals surface area contributed by atoms with Crippen molar-refractivity contribution in [2.75, 3.05) is 31.1 Å². The number of anilines is 1. The van der Waals surface area contributed by atoms with E-state index in [1.54, 1.807) is 11.3 Å². The van der Waals surface area contributed by atoms with Gasteiger partial charge in [0, 0.05) is 31.9 Å². The van der Waals surface area contributed by atoms with E-state index in [4.69, 9.17) is 4.42 Å². The van der Waals surface area contributed by atoms with Crippen molar-refractivity contribution in [1.29, 1.82) is 0 Å². The highest BCUT2D eigenvalue weighted by Crippen LogP contribution is 2.28. The summed E-state index contributed by atoms with van der Waals surface area (Å²) in [6.07, 6.45) is 0. The number of benzene rings is 1. The number of rotatable bonds is 4. The molecule has 0 aliphatic carbocycles. The largest absolute Gasteiger partial charge is 0.418 e. The maximum Gasteiger partial charge on any atom is 0.257 e. The van der Waals surface area contributed by atoms with Crippen molar-refractivity contribution in [3.05, 3.63) is 53.5 Å². The molecule has 1 saturated heterocycles. The molecular weight excluding hydrogens is 339 g/mol. The van der Waals surface area contributed by atoms with E-state index >= 15 is 0 Å². The van der Waals surface area contributed by atoms with E-state index in [0.717, 1.165) is 36.7 Å². The zero-order valence-electron chi connectivity index (χ0n) is 13.9. The highest BCUT2D eigenvalue weighted by Gasteiger charge is 2.26. The topological polar surface area (TPSA) is 45.4 Å². The molecule has 4 rings (SSSR count). The van der Waals surface area contributed by atoms with Crippen LogP contribution in [0.2, 0.25) is 0 Å². The molecule has 25 heavy (non-hydrogen) atoms. The SMILES string of the molecule is C[C@@H](c1nnc(-c2cccs2)o1)N1CCN(c2ccc(F)cc2)CC1. The Labute approximate surface area is 149 Å². The minimum Gasteiger partial charge on any atom is -0.418 e. The molecule has 3 heterocycles. The number of nitrogens with zero attached hydrogens (tertiary/aromatic N) is 4. The Hall–Kier alpha value is -2.25. The molecule has 1 atom stereocenters. The van der Waals surface area contributed by atoms with Crippen LogP contribution < -0.4 is 4.90 Å². The number of piperazine rings is 1. The second-order valence-electron chi connectivity index (χ2n) is 6.10. The van der Waals surface area contributed by atoms with E-state index in [-0.39, 0.29) is 11.9 Å². The number of thiophene rings is 1. The fourth-order valence-corrected chi connectivity index (χ4v) is 3.72. The summed E-state index contributed by atoms with van der Waals surface area (Å²) >= 11 is 1.59. The zero-order chi connectivity index (χ0) is 17.2. The average Bonchev–Trinajstić information content (AvgIpc) is 3.33. The fourth-order valence-electron chi connectivity index (χ4n) is 3.08. The predicted octanol–water partition coefficient (Wildman–Crippen LogP) is 3.82. The molecule has 0 spiro atoms. The molecule has 1 aliphatic rings. The Morgan fingerprint density at radius 1 is 1.08 bits per heavy atom. The highest BCUT2D eigenvalue weighted by atomic mass is 32.1. The van der Waals surface area contributed by atoms with Crippen LogP contribution in [0, 0.1) is 5.82 Å². The molecule has 0 amide bonds. The summed E-state index contributed by atoms with van der Waals surface area (Å²) in [6.45, 7) is 5.67. The van der Waals surface area contributed by atoms with Crippen molar-refractivity contribution < 1.29 is 8.81 Å². The summed E-state index contributed by atoms with van der Waals surface area (Å²) in [5, 5.41) is 10.4. The van der Waals surface area contributed by atoms with Crippen molar-refractivity contribution in [2.24, 2.45) is 0 Å². The van der Waals surface area contributed by atoms with E-state index in [1.807, 2.05) is 29.6 Å². The second kappa shape index (κ2) is 6.93. The molecule has 3 aromatic rings. The van der Waals surface area contributed by atoms with Gasteiger partial charge in [0.05, 0.1) is 10.9 Å². The molecule has 0 saturated carbocycles. The summed E-state index contributed by atoms with van der Waals surface area (Å²) in [5.74, 6) is 1.04. The van der Waals surface area contributed by atoms with Crippen molar-refractivity contribution in [3.63, 3.8) is 0 Å². The summed E-state index contributed by atoms with van der Waals surface area (Å²) in [4.78, 5) is 5.60. The molecule has 130 valence electrons. The molecule has 1 aliphatic heterocycles. The number of hydrogen-bond donors (Lipinski definition) is 0. The van der Waals surface area contributed by atoms with Crippen LogP contribution in [0.5, 0.6) is 0 Å². The van der Waals surface area contributed by atoms with Gasteiger partial charge in [-0.05, 0) is 42.6 Å². The van der Waals surface area contributed by atoms with Gasteiger partial charge in [0.25, 0.3) is 5.89 Å². The number of hydrogen-bond acceptors (Lipinski definition) is 6. The monoisotopic (exact) mass is 358 g/mol. The average molecular weight is 358 g/mol. The first-order valence-electron chi connectivity index (χ1n) is 8.32. The lowest BCUT2D eigenvalue weighted by Crippen LogP contribution is -2.47. The molecule has 1 fully saturated rings. The van der Waals surface area contributed by atoms with Crippen LogP contribution in [0.3, 0.4) is 0 Å². The van der Waals surface area contributed by atoms with Crippen molar-refractivity contribution in [2.45, 2.75) is 13.0 Å². The third-order valence-corrected chi connectivity index (χ3v) is 5.44. The maximum atomic E-state index is 13.1. The first-order chi connectivity index (χ1) is 12.2. The summed E-state index contributed by atoms with van der Waals surface area (Å²) in [6, 6.07) is 10.7. The van der Waals surface area contributed by atoms with Gasteiger partial charge in [0.15, 0.2) is 0 Å². The first kappa shape index (κ1) is 16.2. The van der Waals surface area contributed by atoms with E-state index in [1.165, 1.54) is 12.1 Å². The van der Waals surface area contributed by atoms with E-state index < -0.39 is 0 Å². The van der Waals surface area contributed by atoms with Crippen molar-refractivity contribution in [1.82, 2.24) is 15.1 Å². The van der Waals surface area contributed by atoms with Gasteiger partial charge >= 0.3 is 0 Å². The lowest BCUT2D eigenvalue weighted by molar-refractivity contribution is 0.174. The van der Waals surface area contributed by atoms with Crippen LogP contribution in [0.25, 0.3) is 10.8 Å². The molecule has 0 unspecified atom stereocenters. The van der Waals surface area contributed by atoms with Gasteiger partial charge in [-0.25, -0.2) is 4.39 Å². The molecule has 0 bridgehead atoms. The van der Waals surface area contributed by atoms with E-state index in [9.17, 15) is 4.39 Å². The maximum absolute atomic E-state index is 13.1. The first-order valence-corrected chi connectivity index (χ1v) is 9.20. The molecule has 7 heteroatoms. The minimum atomic E-state index is -0.200. The smallest absolute Gasteiger partial charge is 0.257 e. The van der Waals surface area contributed by atoms with Gasteiger partial charge in [-0.1, -0.05) is 6.07 Å². The van der Waals surface area contributed by atoms with Crippen LogP contribution in [0.15, 0.2) is 46.2 Å². The van der Waals surface area contributed by atoms with Gasteiger partial charge < -0.3 is 9.32 Å². The quantitative estimate of drug-likeness (QED) is 0.709. The molecule has 0 N–H and O–H groups in total. The van der Waals surface area contributed by atoms with Crippen LogP contribution in [0.1, 0.15) is 18.9 Å². The number of aromatic nitrogens is 2. The summed E-state index contributed by atoms with van der Waals surface area (Å²) < 4.78 is 18.9. The second-order valence-corrected chi connectivity index (χ2v) is 7.05. The molecule has 2 aromatic heterocycles. The van der Waals surface area contributed by atoms with Crippen molar-refractivity contribution in [3.8, 4) is 10.8 Å². The van der Waals surface area contributed by atoms with Crippen LogP contribution in [-0.4, -0.2) is 41.3 Å².